The quantitative estimate of drug-likeness (QED) is 0.748. The van der Waals surface area contributed by atoms with Crippen LogP contribution in [0.4, 0.5) is 0 Å². The van der Waals surface area contributed by atoms with Crippen LogP contribution in [0, 0.1) is 6.92 Å². The minimum atomic E-state index is 0.165. The highest BCUT2D eigenvalue weighted by molar-refractivity contribution is 5.53. The number of hydrogen-bond donors (Lipinski definition) is 1. The van der Waals surface area contributed by atoms with Crippen molar-refractivity contribution in [2.45, 2.75) is 19.9 Å². The van der Waals surface area contributed by atoms with E-state index >= 15 is 0 Å². The molecule has 0 fully saturated rings. The van der Waals surface area contributed by atoms with E-state index < -0.39 is 0 Å². The van der Waals surface area contributed by atoms with Crippen LogP contribution >= 0.6 is 0 Å². The lowest BCUT2D eigenvalue weighted by atomic mass is 10.1. The van der Waals surface area contributed by atoms with Gasteiger partial charge >= 0.3 is 0 Å². The summed E-state index contributed by atoms with van der Waals surface area (Å²) in [6, 6.07) is 7.79. The van der Waals surface area contributed by atoms with Gasteiger partial charge in [-0.2, -0.15) is 0 Å². The molecule has 122 valence electrons. The Morgan fingerprint density at radius 3 is 2.79 bits per heavy atom. The van der Waals surface area contributed by atoms with E-state index in [4.69, 9.17) is 4.42 Å². The van der Waals surface area contributed by atoms with E-state index in [2.05, 4.69) is 27.2 Å². The minimum absolute atomic E-state index is 0.165. The van der Waals surface area contributed by atoms with Crippen molar-refractivity contribution < 1.29 is 4.42 Å². The summed E-state index contributed by atoms with van der Waals surface area (Å²) in [6.45, 7) is 4.87. The van der Waals surface area contributed by atoms with E-state index in [9.17, 15) is 0 Å². The highest BCUT2D eigenvalue weighted by Gasteiger charge is 2.11. The Bertz CT molecular complexity index is 797. The van der Waals surface area contributed by atoms with Gasteiger partial charge in [0.05, 0.1) is 6.26 Å². The van der Waals surface area contributed by atoms with Crippen LogP contribution in [0.15, 0.2) is 59.6 Å². The number of aryl methyl sites for hydroxylation is 1. The molecule has 0 saturated carbocycles. The summed E-state index contributed by atoms with van der Waals surface area (Å²) in [6.07, 6.45) is 11.0. The summed E-state index contributed by atoms with van der Waals surface area (Å²) in [5.41, 5.74) is 3.05. The second-order valence-corrected chi connectivity index (χ2v) is 5.52. The maximum atomic E-state index is 5.26. The minimum Gasteiger partial charge on any atom is -0.465 e. The Balaban J connectivity index is 1.63. The molecular formula is C19H20N4O. The summed E-state index contributed by atoms with van der Waals surface area (Å²) >= 11 is 0. The van der Waals surface area contributed by atoms with Crippen LogP contribution in [0.25, 0.3) is 17.5 Å². The third-order valence-corrected chi connectivity index (χ3v) is 3.79. The van der Waals surface area contributed by atoms with Gasteiger partial charge in [0.25, 0.3) is 0 Å². The maximum Gasteiger partial charge on any atom is 0.159 e. The highest BCUT2D eigenvalue weighted by atomic mass is 16.3. The molecular weight excluding hydrogens is 300 g/mol. The smallest absolute Gasteiger partial charge is 0.159 e. The average molecular weight is 320 g/mol. The fourth-order valence-electron chi connectivity index (χ4n) is 2.46. The standard InChI is InChI=1S/C19H20N4O/c1-14(21-9-3-5-17-6-4-12-24-17)18-13-22-19(23-15(18)2)16-7-10-20-11-8-16/h3-8,10-14,21H,9H2,1-2H3/b5-3+. The van der Waals surface area contributed by atoms with E-state index in [0.29, 0.717) is 0 Å². The average Bonchev–Trinajstić information content (AvgIpc) is 3.12. The van der Waals surface area contributed by atoms with Crippen molar-refractivity contribution in [1.29, 1.82) is 0 Å². The number of aromatic nitrogens is 3. The molecule has 0 aliphatic carbocycles. The van der Waals surface area contributed by atoms with Crippen LogP contribution in [-0.4, -0.2) is 21.5 Å². The van der Waals surface area contributed by atoms with Gasteiger partial charge in [0.15, 0.2) is 5.82 Å². The highest BCUT2D eigenvalue weighted by Crippen LogP contribution is 2.19. The molecule has 0 aromatic carbocycles. The zero-order chi connectivity index (χ0) is 16.8. The third kappa shape index (κ3) is 3.94. The SMILES string of the molecule is Cc1nc(-c2ccncc2)ncc1C(C)NC/C=C/c1ccco1. The first-order chi connectivity index (χ1) is 11.7. The van der Waals surface area contributed by atoms with Gasteiger partial charge in [0, 0.05) is 48.0 Å². The van der Waals surface area contributed by atoms with Gasteiger partial charge in [-0.1, -0.05) is 6.08 Å². The predicted octanol–water partition coefficient (Wildman–Crippen LogP) is 3.80. The van der Waals surface area contributed by atoms with Crippen molar-refractivity contribution in [3.63, 3.8) is 0 Å². The van der Waals surface area contributed by atoms with Crippen molar-refractivity contribution in [3.05, 3.63) is 72.2 Å². The van der Waals surface area contributed by atoms with E-state index in [-0.39, 0.29) is 6.04 Å². The van der Waals surface area contributed by atoms with E-state index in [1.165, 1.54) is 0 Å². The zero-order valence-corrected chi connectivity index (χ0v) is 13.8. The summed E-state index contributed by atoms with van der Waals surface area (Å²) < 4.78 is 5.26. The zero-order valence-electron chi connectivity index (χ0n) is 13.8. The molecule has 3 heterocycles. The Kier molecular flexibility index (Phi) is 5.13. The van der Waals surface area contributed by atoms with Gasteiger partial charge in [-0.3, -0.25) is 4.98 Å². The lowest BCUT2D eigenvalue weighted by Gasteiger charge is -2.15. The molecule has 0 aliphatic heterocycles. The van der Waals surface area contributed by atoms with Crippen LogP contribution in [0.5, 0.6) is 0 Å². The molecule has 1 atom stereocenters. The van der Waals surface area contributed by atoms with Crippen molar-refractivity contribution in [3.8, 4) is 11.4 Å². The molecule has 5 nitrogen and oxygen atoms in total. The molecule has 0 radical (unpaired) electrons. The van der Waals surface area contributed by atoms with Crippen LogP contribution < -0.4 is 5.32 Å². The Labute approximate surface area is 141 Å². The Morgan fingerprint density at radius 1 is 1.25 bits per heavy atom. The lowest BCUT2D eigenvalue weighted by Crippen LogP contribution is -2.20. The number of hydrogen-bond acceptors (Lipinski definition) is 5. The largest absolute Gasteiger partial charge is 0.465 e. The molecule has 3 rings (SSSR count). The monoisotopic (exact) mass is 320 g/mol. The van der Waals surface area contributed by atoms with E-state index in [1.807, 2.05) is 49.5 Å². The molecule has 24 heavy (non-hydrogen) atoms. The first-order valence-corrected chi connectivity index (χ1v) is 7.91. The number of furan rings is 1. The van der Waals surface area contributed by atoms with Gasteiger partial charge in [-0.05, 0) is 44.2 Å². The maximum absolute atomic E-state index is 5.26. The predicted molar refractivity (Wildman–Crippen MR) is 94.2 cm³/mol. The molecule has 3 aromatic rings. The second-order valence-electron chi connectivity index (χ2n) is 5.52. The van der Waals surface area contributed by atoms with E-state index in [0.717, 1.165) is 35.0 Å². The topological polar surface area (TPSA) is 63.8 Å². The van der Waals surface area contributed by atoms with Crippen LogP contribution in [0.3, 0.4) is 0 Å². The van der Waals surface area contributed by atoms with E-state index in [1.54, 1.807) is 18.7 Å². The van der Waals surface area contributed by atoms with Gasteiger partial charge in [-0.25, -0.2) is 9.97 Å². The van der Waals surface area contributed by atoms with Crippen molar-refractivity contribution in [2.24, 2.45) is 0 Å². The van der Waals surface area contributed by atoms with Gasteiger partial charge in [0.2, 0.25) is 0 Å². The molecule has 0 amide bonds. The third-order valence-electron chi connectivity index (χ3n) is 3.79. The van der Waals surface area contributed by atoms with Gasteiger partial charge in [-0.15, -0.1) is 0 Å². The number of rotatable bonds is 6. The van der Waals surface area contributed by atoms with Gasteiger partial charge < -0.3 is 9.73 Å². The lowest BCUT2D eigenvalue weighted by molar-refractivity contribution is 0.556. The van der Waals surface area contributed by atoms with Crippen LogP contribution in [0.1, 0.15) is 30.0 Å². The summed E-state index contributed by atoms with van der Waals surface area (Å²) in [7, 11) is 0. The Morgan fingerprint density at radius 2 is 2.08 bits per heavy atom. The normalized spacial score (nSPS) is 12.6. The molecule has 0 saturated heterocycles. The molecule has 0 bridgehead atoms. The van der Waals surface area contributed by atoms with Gasteiger partial charge in [0.1, 0.15) is 5.76 Å². The summed E-state index contributed by atoms with van der Waals surface area (Å²) in [4.78, 5) is 13.1. The Hall–Kier alpha value is -2.79. The first kappa shape index (κ1) is 16.1. The molecule has 0 spiro atoms. The number of nitrogens with one attached hydrogen (secondary N) is 1. The van der Waals surface area contributed by atoms with Crippen molar-refractivity contribution >= 4 is 6.08 Å². The molecule has 5 heteroatoms. The van der Waals surface area contributed by atoms with Crippen LogP contribution in [-0.2, 0) is 0 Å². The molecule has 0 aliphatic rings. The fourth-order valence-corrected chi connectivity index (χ4v) is 2.46. The second kappa shape index (κ2) is 7.66. The van der Waals surface area contributed by atoms with Crippen molar-refractivity contribution in [1.82, 2.24) is 20.3 Å². The molecule has 1 unspecified atom stereocenters. The summed E-state index contributed by atoms with van der Waals surface area (Å²) in [5, 5.41) is 3.44. The number of nitrogens with zero attached hydrogens (tertiary/aromatic N) is 3. The fraction of sp³-hybridized carbons (Fsp3) is 0.211. The molecule has 1 N–H and O–H groups in total. The molecule has 3 aromatic heterocycles. The first-order valence-electron chi connectivity index (χ1n) is 7.91. The van der Waals surface area contributed by atoms with Crippen molar-refractivity contribution in [2.75, 3.05) is 6.54 Å². The number of pyridine rings is 1. The summed E-state index contributed by atoms with van der Waals surface area (Å²) in [5.74, 6) is 1.58. The van der Waals surface area contributed by atoms with Crippen LogP contribution in [0.2, 0.25) is 0 Å².